The molecule has 26 heavy (non-hydrogen) atoms. The Labute approximate surface area is 150 Å². The monoisotopic (exact) mass is 351 g/mol. The highest BCUT2D eigenvalue weighted by atomic mass is 19.1. The molecule has 5 nitrogen and oxygen atoms in total. The number of rotatable bonds is 6. The van der Waals surface area contributed by atoms with Crippen LogP contribution < -0.4 is 10.2 Å². The molecule has 1 heterocycles. The van der Waals surface area contributed by atoms with Crippen LogP contribution in [-0.4, -0.2) is 23.8 Å². The van der Waals surface area contributed by atoms with E-state index < -0.39 is 0 Å². The molecule has 0 radical (unpaired) electrons. The van der Waals surface area contributed by atoms with Crippen LogP contribution in [0.2, 0.25) is 0 Å². The van der Waals surface area contributed by atoms with Crippen molar-refractivity contribution in [3.63, 3.8) is 0 Å². The fourth-order valence-corrected chi connectivity index (χ4v) is 2.47. The first kappa shape index (κ1) is 17.4. The number of aromatic nitrogens is 1. The van der Waals surface area contributed by atoms with Crippen molar-refractivity contribution in [3.05, 3.63) is 83.9 Å². The van der Waals surface area contributed by atoms with Gasteiger partial charge < -0.3 is 9.30 Å². The van der Waals surface area contributed by atoms with Crippen molar-refractivity contribution in [2.75, 3.05) is 7.11 Å². The zero-order valence-corrected chi connectivity index (χ0v) is 14.2. The zero-order chi connectivity index (χ0) is 18.4. The molecule has 0 aliphatic carbocycles. The number of nitrogens with one attached hydrogen (secondary N) is 1. The van der Waals surface area contributed by atoms with Crippen LogP contribution in [0.15, 0.2) is 72.0 Å². The SMILES string of the molecule is COc1ccc(-n2cccc2/C=N/NC(=O)Cc2ccc(F)cc2)cc1. The third kappa shape index (κ3) is 4.36. The van der Waals surface area contributed by atoms with Gasteiger partial charge in [0, 0.05) is 11.9 Å². The zero-order valence-electron chi connectivity index (χ0n) is 14.2. The lowest BCUT2D eigenvalue weighted by atomic mass is 10.1. The number of hydrazone groups is 1. The first-order valence-corrected chi connectivity index (χ1v) is 8.04. The van der Waals surface area contributed by atoms with Crippen molar-refractivity contribution >= 4 is 12.1 Å². The van der Waals surface area contributed by atoms with Gasteiger partial charge in [-0.2, -0.15) is 5.10 Å². The van der Waals surface area contributed by atoms with Crippen molar-refractivity contribution in [1.82, 2.24) is 9.99 Å². The summed E-state index contributed by atoms with van der Waals surface area (Å²) in [4.78, 5) is 11.9. The minimum absolute atomic E-state index is 0.136. The molecule has 1 amide bonds. The van der Waals surface area contributed by atoms with E-state index >= 15 is 0 Å². The first-order chi connectivity index (χ1) is 12.7. The van der Waals surface area contributed by atoms with Gasteiger partial charge in [-0.15, -0.1) is 0 Å². The van der Waals surface area contributed by atoms with Crippen LogP contribution in [0.4, 0.5) is 4.39 Å². The van der Waals surface area contributed by atoms with E-state index in [4.69, 9.17) is 4.74 Å². The van der Waals surface area contributed by atoms with Crippen LogP contribution in [0, 0.1) is 5.82 Å². The van der Waals surface area contributed by atoms with Gasteiger partial charge >= 0.3 is 0 Å². The van der Waals surface area contributed by atoms with E-state index in [0.717, 1.165) is 22.7 Å². The van der Waals surface area contributed by atoms with E-state index in [1.165, 1.54) is 12.1 Å². The highest BCUT2D eigenvalue weighted by molar-refractivity contribution is 5.82. The molecule has 6 heteroatoms. The van der Waals surface area contributed by atoms with E-state index in [2.05, 4.69) is 10.5 Å². The summed E-state index contributed by atoms with van der Waals surface area (Å²) in [6.45, 7) is 0. The number of amides is 1. The third-order valence-corrected chi connectivity index (χ3v) is 3.79. The summed E-state index contributed by atoms with van der Waals surface area (Å²) in [7, 11) is 1.62. The summed E-state index contributed by atoms with van der Waals surface area (Å²) in [5.74, 6) is 0.186. The van der Waals surface area contributed by atoms with Gasteiger partial charge in [0.2, 0.25) is 5.91 Å². The first-order valence-electron chi connectivity index (χ1n) is 8.04. The number of hydrogen-bond acceptors (Lipinski definition) is 3. The molecule has 0 saturated heterocycles. The molecule has 3 aromatic rings. The molecule has 1 N–H and O–H groups in total. The highest BCUT2D eigenvalue weighted by Crippen LogP contribution is 2.16. The minimum atomic E-state index is -0.327. The number of carbonyl (C=O) groups is 1. The summed E-state index contributed by atoms with van der Waals surface area (Å²) in [5.41, 5.74) is 4.98. The second-order valence-corrected chi connectivity index (χ2v) is 5.60. The summed E-state index contributed by atoms with van der Waals surface area (Å²) in [6, 6.07) is 17.2. The standard InChI is InChI=1S/C20H18FN3O2/c1-26-19-10-8-17(9-11-19)24-12-2-3-18(24)14-22-23-20(25)13-15-4-6-16(21)7-5-15/h2-12,14H,13H2,1H3,(H,23,25)/b22-14+. The van der Waals surface area contributed by atoms with Crippen molar-refractivity contribution in [3.8, 4) is 11.4 Å². The molecule has 1 aromatic heterocycles. The maximum Gasteiger partial charge on any atom is 0.244 e. The number of nitrogens with zero attached hydrogens (tertiary/aromatic N) is 2. The van der Waals surface area contributed by atoms with Crippen LogP contribution in [-0.2, 0) is 11.2 Å². The highest BCUT2D eigenvalue weighted by Gasteiger charge is 2.04. The van der Waals surface area contributed by atoms with Gasteiger partial charge in [-0.3, -0.25) is 4.79 Å². The predicted octanol–water partition coefficient (Wildman–Crippen LogP) is 3.32. The van der Waals surface area contributed by atoms with Gasteiger partial charge in [0.1, 0.15) is 11.6 Å². The summed E-state index contributed by atoms with van der Waals surface area (Å²) in [6.07, 6.45) is 3.62. The van der Waals surface area contributed by atoms with E-state index in [0.29, 0.717) is 0 Å². The lowest BCUT2D eigenvalue weighted by Crippen LogP contribution is -2.20. The average molecular weight is 351 g/mol. The second-order valence-electron chi connectivity index (χ2n) is 5.60. The Morgan fingerprint density at radius 3 is 2.58 bits per heavy atom. The molecule has 132 valence electrons. The lowest BCUT2D eigenvalue weighted by Gasteiger charge is -2.07. The van der Waals surface area contributed by atoms with Gasteiger partial charge in [-0.05, 0) is 54.1 Å². The van der Waals surface area contributed by atoms with E-state index in [-0.39, 0.29) is 18.1 Å². The Morgan fingerprint density at radius 1 is 1.15 bits per heavy atom. The lowest BCUT2D eigenvalue weighted by molar-refractivity contribution is -0.120. The number of halogens is 1. The molecule has 0 saturated carbocycles. The molecule has 0 unspecified atom stereocenters. The Hall–Kier alpha value is -3.41. The Balaban J connectivity index is 1.63. The minimum Gasteiger partial charge on any atom is -0.497 e. The maximum absolute atomic E-state index is 12.9. The summed E-state index contributed by atoms with van der Waals surface area (Å²) in [5, 5.41) is 4.00. The van der Waals surface area contributed by atoms with Crippen LogP contribution in [0.1, 0.15) is 11.3 Å². The van der Waals surface area contributed by atoms with Crippen LogP contribution >= 0.6 is 0 Å². The Kier molecular flexibility index (Phi) is 5.43. The van der Waals surface area contributed by atoms with E-state index in [1.54, 1.807) is 25.5 Å². The summed E-state index contributed by atoms with van der Waals surface area (Å²) >= 11 is 0. The molecule has 0 bridgehead atoms. The van der Waals surface area contributed by atoms with Crippen LogP contribution in [0.25, 0.3) is 5.69 Å². The van der Waals surface area contributed by atoms with Crippen molar-refractivity contribution in [2.45, 2.75) is 6.42 Å². The van der Waals surface area contributed by atoms with Gasteiger partial charge in [-0.25, -0.2) is 9.82 Å². The van der Waals surface area contributed by atoms with Gasteiger partial charge in [0.25, 0.3) is 0 Å². The second kappa shape index (κ2) is 8.11. The van der Waals surface area contributed by atoms with E-state index in [9.17, 15) is 9.18 Å². The third-order valence-electron chi connectivity index (χ3n) is 3.79. The number of carbonyl (C=O) groups excluding carboxylic acids is 1. The molecule has 2 aromatic carbocycles. The normalized spacial score (nSPS) is 10.8. The predicted molar refractivity (Wildman–Crippen MR) is 98.2 cm³/mol. The molecule has 3 rings (SSSR count). The van der Waals surface area contributed by atoms with Crippen molar-refractivity contribution < 1.29 is 13.9 Å². The number of hydrogen-bond donors (Lipinski definition) is 1. The fourth-order valence-electron chi connectivity index (χ4n) is 2.47. The Bertz CT molecular complexity index is 900. The molecular weight excluding hydrogens is 333 g/mol. The van der Waals surface area contributed by atoms with Gasteiger partial charge in [0.05, 0.1) is 25.4 Å². The molecule has 0 aliphatic rings. The van der Waals surface area contributed by atoms with Gasteiger partial charge in [0.15, 0.2) is 0 Å². The van der Waals surface area contributed by atoms with Gasteiger partial charge in [-0.1, -0.05) is 12.1 Å². The molecule has 0 spiro atoms. The van der Waals surface area contributed by atoms with Crippen LogP contribution in [0.5, 0.6) is 5.75 Å². The maximum atomic E-state index is 12.9. The smallest absolute Gasteiger partial charge is 0.244 e. The molecule has 0 aliphatic heterocycles. The van der Waals surface area contributed by atoms with Crippen molar-refractivity contribution in [2.24, 2.45) is 5.10 Å². The van der Waals surface area contributed by atoms with Crippen molar-refractivity contribution in [1.29, 1.82) is 0 Å². The average Bonchev–Trinajstić information content (AvgIpc) is 3.12. The largest absolute Gasteiger partial charge is 0.497 e. The number of ether oxygens (including phenoxy) is 1. The molecule has 0 atom stereocenters. The molecule has 0 fully saturated rings. The number of benzene rings is 2. The van der Waals surface area contributed by atoms with Crippen LogP contribution in [0.3, 0.4) is 0 Å². The quantitative estimate of drug-likeness (QED) is 0.547. The number of methoxy groups -OCH3 is 1. The topological polar surface area (TPSA) is 55.6 Å². The summed E-state index contributed by atoms with van der Waals surface area (Å²) < 4.78 is 20.0. The van der Waals surface area contributed by atoms with E-state index in [1.807, 2.05) is 47.2 Å². The molecular formula is C20H18FN3O2. The fraction of sp³-hybridized carbons (Fsp3) is 0.100. The Morgan fingerprint density at radius 2 is 1.88 bits per heavy atom.